The van der Waals surface area contributed by atoms with Crippen LogP contribution < -0.4 is 5.32 Å². The van der Waals surface area contributed by atoms with Gasteiger partial charge in [0.1, 0.15) is 0 Å². The first kappa shape index (κ1) is 15.4. The number of carbonyl (C=O) groups excluding carboxylic acids is 1. The summed E-state index contributed by atoms with van der Waals surface area (Å²) in [5.74, 6) is -0.361. The van der Waals surface area contributed by atoms with E-state index in [1.165, 1.54) is 6.42 Å². The fraction of sp³-hybridized carbons (Fsp3) is 0.500. The molecule has 0 spiro atoms. The van der Waals surface area contributed by atoms with Crippen molar-refractivity contribution in [3.05, 3.63) is 35.4 Å². The maximum atomic E-state index is 12.0. The molecular formula is C16H22N2O3. The molecule has 0 aromatic heterocycles. The molecule has 1 atom stereocenters. The van der Waals surface area contributed by atoms with Crippen LogP contribution in [0.1, 0.15) is 35.7 Å². The van der Waals surface area contributed by atoms with E-state index >= 15 is 0 Å². The molecule has 2 amide bonds. The summed E-state index contributed by atoms with van der Waals surface area (Å²) in [5, 5.41) is 11.9. The number of carboxylic acids is 1. The molecule has 5 nitrogen and oxygen atoms in total. The number of urea groups is 1. The first-order valence-corrected chi connectivity index (χ1v) is 7.41. The Morgan fingerprint density at radius 2 is 2.24 bits per heavy atom. The Kier molecular flexibility index (Phi) is 5.20. The van der Waals surface area contributed by atoms with E-state index in [1.54, 1.807) is 18.2 Å². The molecule has 0 aliphatic carbocycles. The first-order chi connectivity index (χ1) is 10.1. The van der Waals surface area contributed by atoms with E-state index in [0.29, 0.717) is 18.9 Å². The number of piperidine rings is 1. The fourth-order valence-corrected chi connectivity index (χ4v) is 2.66. The number of amides is 2. The molecule has 0 bridgehead atoms. The third-order valence-electron chi connectivity index (χ3n) is 3.81. The zero-order valence-electron chi connectivity index (χ0n) is 12.3. The van der Waals surface area contributed by atoms with Crippen molar-refractivity contribution in [2.24, 2.45) is 5.92 Å². The number of aromatic carboxylic acids is 1. The second-order valence-corrected chi connectivity index (χ2v) is 5.68. The number of rotatable bonds is 4. The standard InChI is InChI=1S/C16H22N2O3/c1-12-4-3-9-18(11-12)16(21)17-8-7-13-5-2-6-14(10-13)15(19)20/h2,5-6,10,12H,3-4,7-9,11H2,1H3,(H,17,21)(H,19,20). The van der Waals surface area contributed by atoms with Crippen LogP contribution in [0.3, 0.4) is 0 Å². The Hall–Kier alpha value is -2.04. The highest BCUT2D eigenvalue weighted by Crippen LogP contribution is 2.15. The van der Waals surface area contributed by atoms with E-state index < -0.39 is 5.97 Å². The van der Waals surface area contributed by atoms with Crippen LogP contribution in [0.2, 0.25) is 0 Å². The average molecular weight is 290 g/mol. The maximum Gasteiger partial charge on any atom is 0.335 e. The molecule has 1 fully saturated rings. The zero-order valence-corrected chi connectivity index (χ0v) is 12.3. The lowest BCUT2D eigenvalue weighted by Gasteiger charge is -2.30. The Bertz CT molecular complexity index is 516. The van der Waals surface area contributed by atoms with Crippen molar-refractivity contribution in [3.63, 3.8) is 0 Å². The molecule has 1 aromatic rings. The van der Waals surface area contributed by atoms with Gasteiger partial charge in [-0.2, -0.15) is 0 Å². The quantitative estimate of drug-likeness (QED) is 0.894. The molecule has 1 heterocycles. The summed E-state index contributed by atoms with van der Waals surface area (Å²) in [6, 6.07) is 6.81. The Labute approximate surface area is 125 Å². The van der Waals surface area contributed by atoms with Gasteiger partial charge in [-0.1, -0.05) is 19.1 Å². The second kappa shape index (κ2) is 7.11. The summed E-state index contributed by atoms with van der Waals surface area (Å²) in [4.78, 5) is 24.8. The topological polar surface area (TPSA) is 69.6 Å². The molecule has 1 unspecified atom stereocenters. The number of nitrogens with one attached hydrogen (secondary N) is 1. The summed E-state index contributed by atoms with van der Waals surface area (Å²) < 4.78 is 0. The van der Waals surface area contributed by atoms with Crippen molar-refractivity contribution >= 4 is 12.0 Å². The molecule has 1 saturated heterocycles. The van der Waals surface area contributed by atoms with Crippen LogP contribution in [0, 0.1) is 5.92 Å². The lowest BCUT2D eigenvalue weighted by atomic mass is 10.0. The van der Waals surface area contributed by atoms with Crippen molar-refractivity contribution < 1.29 is 14.7 Å². The van der Waals surface area contributed by atoms with Gasteiger partial charge in [-0.15, -0.1) is 0 Å². The van der Waals surface area contributed by atoms with Crippen LogP contribution in [0.5, 0.6) is 0 Å². The number of hydrogen-bond donors (Lipinski definition) is 2. The molecule has 1 aliphatic rings. The van der Waals surface area contributed by atoms with E-state index in [0.717, 1.165) is 25.1 Å². The molecule has 114 valence electrons. The molecular weight excluding hydrogens is 268 g/mol. The van der Waals surface area contributed by atoms with Crippen molar-refractivity contribution in [1.82, 2.24) is 10.2 Å². The SMILES string of the molecule is CC1CCCN(C(=O)NCCc2cccc(C(=O)O)c2)C1. The van der Waals surface area contributed by atoms with E-state index in [-0.39, 0.29) is 11.6 Å². The van der Waals surface area contributed by atoms with Gasteiger partial charge in [-0.25, -0.2) is 9.59 Å². The van der Waals surface area contributed by atoms with Gasteiger partial charge in [-0.3, -0.25) is 0 Å². The largest absolute Gasteiger partial charge is 0.478 e. The van der Waals surface area contributed by atoms with Gasteiger partial charge in [0.2, 0.25) is 0 Å². The Balaban J connectivity index is 1.79. The monoisotopic (exact) mass is 290 g/mol. The van der Waals surface area contributed by atoms with E-state index in [4.69, 9.17) is 5.11 Å². The molecule has 5 heteroatoms. The Morgan fingerprint density at radius 3 is 2.95 bits per heavy atom. The summed E-state index contributed by atoms with van der Waals surface area (Å²) in [6.45, 7) is 4.33. The van der Waals surface area contributed by atoms with Gasteiger partial charge in [0.25, 0.3) is 0 Å². The summed E-state index contributed by atoms with van der Waals surface area (Å²) in [7, 11) is 0. The number of likely N-dealkylation sites (tertiary alicyclic amines) is 1. The lowest BCUT2D eigenvalue weighted by molar-refractivity contribution is 0.0696. The summed E-state index contributed by atoms with van der Waals surface area (Å²) in [5.41, 5.74) is 1.20. The molecule has 1 aliphatic heterocycles. The summed E-state index contributed by atoms with van der Waals surface area (Å²) >= 11 is 0. The third-order valence-corrected chi connectivity index (χ3v) is 3.81. The maximum absolute atomic E-state index is 12.0. The third kappa shape index (κ3) is 4.48. The van der Waals surface area contributed by atoms with Gasteiger partial charge >= 0.3 is 12.0 Å². The van der Waals surface area contributed by atoms with Crippen LogP contribution in [0.15, 0.2) is 24.3 Å². The molecule has 21 heavy (non-hydrogen) atoms. The number of carbonyl (C=O) groups is 2. The summed E-state index contributed by atoms with van der Waals surface area (Å²) in [6.07, 6.45) is 2.89. The smallest absolute Gasteiger partial charge is 0.335 e. The first-order valence-electron chi connectivity index (χ1n) is 7.41. The highest BCUT2D eigenvalue weighted by molar-refractivity contribution is 5.87. The van der Waals surface area contributed by atoms with Crippen molar-refractivity contribution in [2.75, 3.05) is 19.6 Å². The fourth-order valence-electron chi connectivity index (χ4n) is 2.66. The molecule has 0 saturated carbocycles. The van der Waals surface area contributed by atoms with E-state index in [2.05, 4.69) is 12.2 Å². The van der Waals surface area contributed by atoms with Crippen molar-refractivity contribution in [2.45, 2.75) is 26.2 Å². The molecule has 2 N–H and O–H groups in total. The van der Waals surface area contributed by atoms with Crippen LogP contribution in [0.4, 0.5) is 4.79 Å². The zero-order chi connectivity index (χ0) is 15.2. The van der Waals surface area contributed by atoms with Crippen molar-refractivity contribution in [1.29, 1.82) is 0 Å². The Morgan fingerprint density at radius 1 is 1.43 bits per heavy atom. The van der Waals surface area contributed by atoms with Crippen LogP contribution in [-0.4, -0.2) is 41.6 Å². The molecule has 0 radical (unpaired) electrons. The highest BCUT2D eigenvalue weighted by Gasteiger charge is 2.20. The van der Waals surface area contributed by atoms with Gasteiger partial charge in [-0.05, 0) is 42.9 Å². The van der Waals surface area contributed by atoms with Gasteiger partial charge in [0, 0.05) is 19.6 Å². The van der Waals surface area contributed by atoms with Crippen LogP contribution >= 0.6 is 0 Å². The minimum absolute atomic E-state index is 0.0176. The van der Waals surface area contributed by atoms with E-state index in [1.807, 2.05) is 11.0 Å². The number of nitrogens with zero attached hydrogens (tertiary/aromatic N) is 1. The number of hydrogen-bond acceptors (Lipinski definition) is 2. The molecule has 1 aromatic carbocycles. The lowest BCUT2D eigenvalue weighted by Crippen LogP contribution is -2.45. The van der Waals surface area contributed by atoms with Gasteiger partial charge in [0.05, 0.1) is 5.56 Å². The average Bonchev–Trinajstić information content (AvgIpc) is 2.47. The number of benzene rings is 1. The predicted octanol–water partition coefficient (Wildman–Crippen LogP) is 2.37. The van der Waals surface area contributed by atoms with Crippen LogP contribution in [-0.2, 0) is 6.42 Å². The van der Waals surface area contributed by atoms with Gasteiger partial charge < -0.3 is 15.3 Å². The van der Waals surface area contributed by atoms with Crippen molar-refractivity contribution in [3.8, 4) is 0 Å². The normalized spacial score (nSPS) is 18.3. The van der Waals surface area contributed by atoms with Gasteiger partial charge in [0.15, 0.2) is 0 Å². The highest BCUT2D eigenvalue weighted by atomic mass is 16.4. The molecule has 2 rings (SSSR count). The minimum atomic E-state index is -0.928. The van der Waals surface area contributed by atoms with Crippen LogP contribution in [0.25, 0.3) is 0 Å². The second-order valence-electron chi connectivity index (χ2n) is 5.68. The number of carboxylic acid groups (broad SMARTS) is 1. The minimum Gasteiger partial charge on any atom is -0.478 e. The van der Waals surface area contributed by atoms with E-state index in [9.17, 15) is 9.59 Å². The predicted molar refractivity (Wildman–Crippen MR) is 80.5 cm³/mol.